The summed E-state index contributed by atoms with van der Waals surface area (Å²) in [5.74, 6) is -0.449. The molecule has 9 heteroatoms. The number of nitrogens with zero attached hydrogens (tertiary/aromatic N) is 2. The van der Waals surface area contributed by atoms with Gasteiger partial charge in [-0.05, 0) is 23.6 Å². The first-order valence-corrected chi connectivity index (χ1v) is 8.34. The van der Waals surface area contributed by atoms with Crippen LogP contribution in [0.15, 0.2) is 34.7 Å². The standard InChI is InChI=1S/C14H8Cl3N3O2S/c15-7-3-9(16)12(10(17)4-7)19-11(21)5-20-6-18-13-8(14(20)22)1-2-23-13/h1-4,6H,5H2,(H,19,21). The summed E-state index contributed by atoms with van der Waals surface area (Å²) < 4.78 is 1.22. The minimum absolute atomic E-state index is 0.201. The molecule has 0 saturated heterocycles. The molecule has 2 heterocycles. The van der Waals surface area contributed by atoms with Crippen molar-refractivity contribution in [3.05, 3.63) is 55.3 Å². The summed E-state index contributed by atoms with van der Waals surface area (Å²) in [6.45, 7) is -0.201. The normalized spacial score (nSPS) is 10.9. The Labute approximate surface area is 149 Å². The fourth-order valence-electron chi connectivity index (χ4n) is 2.00. The minimum Gasteiger partial charge on any atom is -0.322 e. The van der Waals surface area contributed by atoms with Gasteiger partial charge in [0.2, 0.25) is 5.91 Å². The van der Waals surface area contributed by atoms with Crippen molar-refractivity contribution in [3.8, 4) is 0 Å². The van der Waals surface area contributed by atoms with Crippen LogP contribution in [0.5, 0.6) is 0 Å². The maximum absolute atomic E-state index is 12.2. The zero-order chi connectivity index (χ0) is 16.6. The third kappa shape index (κ3) is 3.35. The molecule has 0 atom stereocenters. The number of carbonyl (C=O) groups excluding carboxylic acids is 1. The van der Waals surface area contributed by atoms with Crippen LogP contribution in [0.4, 0.5) is 5.69 Å². The van der Waals surface area contributed by atoms with E-state index in [1.54, 1.807) is 11.4 Å². The Hall–Kier alpha value is -1.60. The summed E-state index contributed by atoms with van der Waals surface area (Å²) in [5, 5.41) is 5.63. The van der Waals surface area contributed by atoms with Crippen molar-refractivity contribution in [2.45, 2.75) is 6.54 Å². The van der Waals surface area contributed by atoms with Crippen LogP contribution in [-0.4, -0.2) is 15.5 Å². The zero-order valence-electron chi connectivity index (χ0n) is 11.3. The molecular formula is C14H8Cl3N3O2S. The van der Waals surface area contributed by atoms with E-state index in [-0.39, 0.29) is 27.8 Å². The lowest BCUT2D eigenvalue weighted by molar-refractivity contribution is -0.116. The van der Waals surface area contributed by atoms with E-state index in [9.17, 15) is 9.59 Å². The molecular weight excluding hydrogens is 381 g/mol. The molecule has 1 amide bonds. The van der Waals surface area contributed by atoms with E-state index in [1.807, 2.05) is 0 Å². The van der Waals surface area contributed by atoms with Crippen LogP contribution in [-0.2, 0) is 11.3 Å². The Morgan fingerprint density at radius 3 is 2.65 bits per heavy atom. The number of hydrogen-bond donors (Lipinski definition) is 1. The molecule has 3 aromatic rings. The minimum atomic E-state index is -0.449. The Bertz CT molecular complexity index is 944. The molecule has 0 unspecified atom stereocenters. The lowest BCUT2D eigenvalue weighted by Gasteiger charge is -2.10. The summed E-state index contributed by atoms with van der Waals surface area (Å²) in [4.78, 5) is 29.2. The van der Waals surface area contributed by atoms with Crippen LogP contribution >= 0.6 is 46.1 Å². The van der Waals surface area contributed by atoms with Crippen LogP contribution in [0, 0.1) is 0 Å². The van der Waals surface area contributed by atoms with E-state index >= 15 is 0 Å². The number of fused-ring (bicyclic) bond motifs is 1. The van der Waals surface area contributed by atoms with Gasteiger partial charge in [0.05, 0.1) is 27.4 Å². The molecule has 0 aliphatic heterocycles. The van der Waals surface area contributed by atoms with Crippen LogP contribution in [0.3, 0.4) is 0 Å². The summed E-state index contributed by atoms with van der Waals surface area (Å²) in [5.41, 5.74) is -0.0277. The number of aromatic nitrogens is 2. The lowest BCUT2D eigenvalue weighted by Crippen LogP contribution is -2.27. The van der Waals surface area contributed by atoms with Gasteiger partial charge >= 0.3 is 0 Å². The van der Waals surface area contributed by atoms with E-state index in [0.717, 1.165) is 0 Å². The van der Waals surface area contributed by atoms with Gasteiger partial charge in [-0.3, -0.25) is 14.2 Å². The largest absolute Gasteiger partial charge is 0.322 e. The Balaban J connectivity index is 1.84. The SMILES string of the molecule is O=C(Cn1cnc2sccc2c1=O)Nc1c(Cl)cc(Cl)cc1Cl. The molecule has 23 heavy (non-hydrogen) atoms. The highest BCUT2D eigenvalue weighted by atomic mass is 35.5. The highest BCUT2D eigenvalue weighted by Crippen LogP contribution is 2.33. The summed E-state index contributed by atoms with van der Waals surface area (Å²) in [6.07, 6.45) is 1.34. The average Bonchev–Trinajstić information content (AvgIpc) is 2.95. The van der Waals surface area contributed by atoms with Crippen LogP contribution in [0.25, 0.3) is 10.2 Å². The number of anilines is 1. The number of carbonyl (C=O) groups is 1. The van der Waals surface area contributed by atoms with Gasteiger partial charge in [-0.1, -0.05) is 34.8 Å². The summed E-state index contributed by atoms with van der Waals surface area (Å²) >= 11 is 19.2. The van der Waals surface area contributed by atoms with Crippen molar-refractivity contribution in [1.82, 2.24) is 9.55 Å². The smallest absolute Gasteiger partial charge is 0.262 e. The lowest BCUT2D eigenvalue weighted by atomic mass is 10.3. The quantitative estimate of drug-likeness (QED) is 0.736. The molecule has 0 spiro atoms. The Kier molecular flexibility index (Phi) is 4.59. The first kappa shape index (κ1) is 16.3. The molecule has 2 aromatic heterocycles. The van der Waals surface area contributed by atoms with E-state index in [2.05, 4.69) is 10.3 Å². The number of halogens is 3. The average molecular weight is 389 g/mol. The molecule has 1 aromatic carbocycles. The zero-order valence-corrected chi connectivity index (χ0v) is 14.4. The van der Waals surface area contributed by atoms with Crippen LogP contribution in [0.1, 0.15) is 0 Å². The highest BCUT2D eigenvalue weighted by molar-refractivity contribution is 7.16. The molecule has 118 valence electrons. The van der Waals surface area contributed by atoms with Gasteiger partial charge in [0.25, 0.3) is 5.56 Å². The van der Waals surface area contributed by atoms with Crippen LogP contribution in [0.2, 0.25) is 15.1 Å². The van der Waals surface area contributed by atoms with Crippen molar-refractivity contribution in [2.75, 3.05) is 5.32 Å². The van der Waals surface area contributed by atoms with Gasteiger partial charge in [-0.25, -0.2) is 4.98 Å². The van der Waals surface area contributed by atoms with Gasteiger partial charge in [-0.15, -0.1) is 11.3 Å². The molecule has 0 saturated carbocycles. The van der Waals surface area contributed by atoms with Crippen molar-refractivity contribution in [3.63, 3.8) is 0 Å². The predicted molar refractivity (Wildman–Crippen MR) is 94.0 cm³/mol. The number of nitrogens with one attached hydrogen (secondary N) is 1. The molecule has 1 N–H and O–H groups in total. The molecule has 0 bridgehead atoms. The first-order valence-electron chi connectivity index (χ1n) is 6.33. The highest BCUT2D eigenvalue weighted by Gasteiger charge is 2.13. The molecule has 0 aliphatic rings. The van der Waals surface area contributed by atoms with Crippen LogP contribution < -0.4 is 10.9 Å². The topological polar surface area (TPSA) is 64.0 Å². The number of hydrogen-bond acceptors (Lipinski definition) is 4. The Morgan fingerprint density at radius 2 is 1.96 bits per heavy atom. The fraction of sp³-hybridized carbons (Fsp3) is 0.0714. The van der Waals surface area contributed by atoms with E-state index in [0.29, 0.717) is 15.2 Å². The molecule has 5 nitrogen and oxygen atoms in total. The number of benzene rings is 1. The van der Waals surface area contributed by atoms with Crippen molar-refractivity contribution < 1.29 is 4.79 Å². The van der Waals surface area contributed by atoms with Crippen molar-refractivity contribution >= 4 is 68.0 Å². The second-order valence-electron chi connectivity index (χ2n) is 4.61. The molecule has 0 aliphatic carbocycles. The summed E-state index contributed by atoms with van der Waals surface area (Å²) in [7, 11) is 0. The molecule has 3 rings (SSSR count). The predicted octanol–water partition coefficient (Wildman–Crippen LogP) is 4.06. The third-order valence-electron chi connectivity index (χ3n) is 3.04. The van der Waals surface area contributed by atoms with Crippen molar-refractivity contribution in [2.24, 2.45) is 0 Å². The van der Waals surface area contributed by atoms with E-state index in [4.69, 9.17) is 34.8 Å². The first-order chi connectivity index (χ1) is 11.0. The van der Waals surface area contributed by atoms with Crippen molar-refractivity contribution in [1.29, 1.82) is 0 Å². The third-order valence-corrected chi connectivity index (χ3v) is 4.67. The van der Waals surface area contributed by atoms with Gasteiger partial charge in [-0.2, -0.15) is 0 Å². The Morgan fingerprint density at radius 1 is 1.26 bits per heavy atom. The molecule has 0 radical (unpaired) electrons. The van der Waals surface area contributed by atoms with E-state index < -0.39 is 5.91 Å². The number of amides is 1. The van der Waals surface area contributed by atoms with Gasteiger partial charge in [0.15, 0.2) is 0 Å². The maximum atomic E-state index is 12.2. The van der Waals surface area contributed by atoms with Gasteiger partial charge in [0, 0.05) is 5.02 Å². The number of rotatable bonds is 3. The second kappa shape index (κ2) is 6.49. The fourth-order valence-corrected chi connectivity index (χ4v) is 3.64. The van der Waals surface area contributed by atoms with Gasteiger partial charge in [0.1, 0.15) is 11.4 Å². The number of thiophene rings is 1. The maximum Gasteiger partial charge on any atom is 0.262 e. The monoisotopic (exact) mass is 387 g/mol. The molecule has 0 fully saturated rings. The van der Waals surface area contributed by atoms with E-state index in [1.165, 1.54) is 34.4 Å². The summed E-state index contributed by atoms with van der Waals surface area (Å²) in [6, 6.07) is 4.61. The second-order valence-corrected chi connectivity index (χ2v) is 6.76. The van der Waals surface area contributed by atoms with Gasteiger partial charge < -0.3 is 5.32 Å².